The number of likely N-dealkylation sites (N-methyl/N-ethyl adjacent to an activating group) is 1. The highest BCUT2D eigenvalue weighted by molar-refractivity contribution is 6.30. The summed E-state index contributed by atoms with van der Waals surface area (Å²) < 4.78 is 11.0. The van der Waals surface area contributed by atoms with E-state index in [1.165, 1.54) is 4.90 Å². The number of rotatable bonds is 10. The summed E-state index contributed by atoms with van der Waals surface area (Å²) in [7, 11) is 1.55. The lowest BCUT2D eigenvalue weighted by molar-refractivity contribution is -0.137. The van der Waals surface area contributed by atoms with E-state index in [0.717, 1.165) is 11.1 Å². The average Bonchev–Trinajstić information content (AvgIpc) is 2.76. The van der Waals surface area contributed by atoms with Gasteiger partial charge < -0.3 is 19.7 Å². The van der Waals surface area contributed by atoms with E-state index in [0.29, 0.717) is 29.6 Å². The van der Waals surface area contributed by atoms with Crippen molar-refractivity contribution in [3.05, 3.63) is 64.7 Å². The van der Waals surface area contributed by atoms with Crippen LogP contribution in [-0.4, -0.2) is 43.5 Å². The Bertz CT molecular complexity index is 881. The van der Waals surface area contributed by atoms with Crippen molar-refractivity contribution in [3.63, 3.8) is 0 Å². The van der Waals surface area contributed by atoms with Crippen LogP contribution in [0.3, 0.4) is 0 Å². The maximum atomic E-state index is 12.5. The van der Waals surface area contributed by atoms with Crippen molar-refractivity contribution in [1.82, 2.24) is 10.2 Å². The Kier molecular flexibility index (Phi) is 9.22. The van der Waals surface area contributed by atoms with E-state index in [9.17, 15) is 9.59 Å². The fourth-order valence-electron chi connectivity index (χ4n) is 2.74. The van der Waals surface area contributed by atoms with Gasteiger partial charge in [-0.25, -0.2) is 0 Å². The number of carbonyl (C=O) groups excluding carboxylic acids is 2. The summed E-state index contributed by atoms with van der Waals surface area (Å²) in [6.07, 6.45) is 3.87. The van der Waals surface area contributed by atoms with Crippen LogP contribution in [0.4, 0.5) is 0 Å². The molecule has 0 aliphatic rings. The molecule has 0 saturated heterocycles. The molecule has 0 unspecified atom stereocenters. The van der Waals surface area contributed by atoms with E-state index in [1.807, 2.05) is 50.3 Å². The van der Waals surface area contributed by atoms with Gasteiger partial charge in [-0.1, -0.05) is 42.0 Å². The molecule has 0 bridgehead atoms. The minimum atomic E-state index is -0.279. The number of allylic oxidation sites excluding steroid dienone is 1. The molecule has 2 aromatic carbocycles. The van der Waals surface area contributed by atoms with E-state index < -0.39 is 0 Å². The van der Waals surface area contributed by atoms with Crippen molar-refractivity contribution >= 4 is 29.5 Å². The van der Waals surface area contributed by atoms with Gasteiger partial charge in [0.2, 0.25) is 5.91 Å². The first kappa shape index (κ1) is 23.3. The standard InChI is InChI=1S/C23H27ClN2O4/c1-4-6-17-9-12-20(21(13-17)29-3)30-16-23(28)26(5-2)15-22(27)25-14-18-7-10-19(24)11-8-18/h4,6-13H,5,14-16H2,1-3H3,(H,25,27)/b6-4+. The first-order valence-electron chi connectivity index (χ1n) is 9.69. The van der Waals surface area contributed by atoms with Gasteiger partial charge in [0, 0.05) is 18.1 Å². The van der Waals surface area contributed by atoms with Crippen LogP contribution in [0, 0.1) is 0 Å². The minimum absolute atomic E-state index is 0.0380. The number of halogens is 1. The van der Waals surface area contributed by atoms with Gasteiger partial charge in [0.05, 0.1) is 13.7 Å². The first-order valence-corrected chi connectivity index (χ1v) is 10.1. The monoisotopic (exact) mass is 430 g/mol. The molecule has 30 heavy (non-hydrogen) atoms. The highest BCUT2D eigenvalue weighted by Gasteiger charge is 2.17. The minimum Gasteiger partial charge on any atom is -0.493 e. The van der Waals surface area contributed by atoms with Crippen LogP contribution in [0.5, 0.6) is 11.5 Å². The van der Waals surface area contributed by atoms with E-state index in [-0.39, 0.29) is 25.0 Å². The van der Waals surface area contributed by atoms with E-state index in [1.54, 1.807) is 25.3 Å². The number of hydrogen-bond acceptors (Lipinski definition) is 4. The molecule has 0 aliphatic heterocycles. The van der Waals surface area contributed by atoms with Crippen LogP contribution < -0.4 is 14.8 Å². The lowest BCUT2D eigenvalue weighted by Gasteiger charge is -2.21. The highest BCUT2D eigenvalue weighted by Crippen LogP contribution is 2.28. The summed E-state index contributed by atoms with van der Waals surface area (Å²) in [5.74, 6) is 0.497. The first-order chi connectivity index (χ1) is 14.5. The van der Waals surface area contributed by atoms with Crippen molar-refractivity contribution in [1.29, 1.82) is 0 Å². The van der Waals surface area contributed by atoms with Gasteiger partial charge in [0.1, 0.15) is 0 Å². The molecule has 1 N–H and O–H groups in total. The topological polar surface area (TPSA) is 67.9 Å². The predicted molar refractivity (Wildman–Crippen MR) is 119 cm³/mol. The summed E-state index contributed by atoms with van der Waals surface area (Å²) in [6, 6.07) is 12.7. The number of benzene rings is 2. The molecule has 0 spiro atoms. The number of carbonyl (C=O) groups is 2. The van der Waals surface area contributed by atoms with E-state index >= 15 is 0 Å². The number of hydrogen-bond donors (Lipinski definition) is 1. The lowest BCUT2D eigenvalue weighted by atomic mass is 10.2. The molecule has 0 saturated carbocycles. The average molecular weight is 431 g/mol. The second-order valence-electron chi connectivity index (χ2n) is 6.51. The van der Waals surface area contributed by atoms with Gasteiger partial charge in [-0.2, -0.15) is 0 Å². The molecule has 0 heterocycles. The zero-order chi connectivity index (χ0) is 21.9. The third kappa shape index (κ3) is 7.12. The van der Waals surface area contributed by atoms with Crippen molar-refractivity contribution in [2.45, 2.75) is 20.4 Å². The van der Waals surface area contributed by atoms with Gasteiger partial charge in [-0.15, -0.1) is 0 Å². The summed E-state index contributed by atoms with van der Waals surface area (Å²) in [4.78, 5) is 26.2. The Morgan fingerprint density at radius 2 is 1.87 bits per heavy atom. The molecule has 7 heteroatoms. The zero-order valence-electron chi connectivity index (χ0n) is 17.5. The molecule has 0 atom stereocenters. The molecule has 2 amide bonds. The lowest BCUT2D eigenvalue weighted by Crippen LogP contribution is -2.42. The Labute approximate surface area is 182 Å². The Morgan fingerprint density at radius 1 is 1.13 bits per heavy atom. The zero-order valence-corrected chi connectivity index (χ0v) is 18.2. The fourth-order valence-corrected chi connectivity index (χ4v) is 2.86. The quantitative estimate of drug-likeness (QED) is 0.620. The van der Waals surface area contributed by atoms with E-state index in [2.05, 4.69) is 5.32 Å². The van der Waals surface area contributed by atoms with Gasteiger partial charge in [0.15, 0.2) is 18.1 Å². The molecule has 2 aromatic rings. The molecule has 0 aromatic heterocycles. The Hall–Kier alpha value is -2.99. The predicted octanol–water partition coefficient (Wildman–Crippen LogP) is 3.93. The number of nitrogens with zero attached hydrogens (tertiary/aromatic N) is 1. The van der Waals surface area contributed by atoms with Crippen molar-refractivity contribution in [3.8, 4) is 11.5 Å². The molecular formula is C23H27ClN2O4. The molecule has 6 nitrogen and oxygen atoms in total. The van der Waals surface area contributed by atoms with Crippen LogP contribution in [-0.2, 0) is 16.1 Å². The largest absolute Gasteiger partial charge is 0.493 e. The van der Waals surface area contributed by atoms with Crippen molar-refractivity contribution in [2.75, 3.05) is 26.8 Å². The molecule has 0 aliphatic carbocycles. The van der Waals surface area contributed by atoms with Gasteiger partial charge >= 0.3 is 0 Å². The molecule has 0 radical (unpaired) electrons. The smallest absolute Gasteiger partial charge is 0.260 e. The van der Waals surface area contributed by atoms with Crippen molar-refractivity contribution in [2.24, 2.45) is 0 Å². The van der Waals surface area contributed by atoms with Crippen LogP contribution in [0.2, 0.25) is 5.02 Å². The fraction of sp³-hybridized carbons (Fsp3) is 0.304. The number of ether oxygens (including phenoxy) is 2. The van der Waals surface area contributed by atoms with Gasteiger partial charge in [-0.3, -0.25) is 9.59 Å². The van der Waals surface area contributed by atoms with Crippen LogP contribution >= 0.6 is 11.6 Å². The third-order valence-corrected chi connectivity index (χ3v) is 4.62. The maximum absolute atomic E-state index is 12.5. The summed E-state index contributed by atoms with van der Waals surface area (Å²) in [6.45, 7) is 4.29. The Morgan fingerprint density at radius 3 is 2.50 bits per heavy atom. The molecular weight excluding hydrogens is 404 g/mol. The SMILES string of the molecule is C/C=C/c1ccc(OCC(=O)N(CC)CC(=O)NCc2ccc(Cl)cc2)c(OC)c1. The summed E-state index contributed by atoms with van der Waals surface area (Å²) in [5, 5.41) is 3.44. The van der Waals surface area contributed by atoms with Crippen molar-refractivity contribution < 1.29 is 19.1 Å². The third-order valence-electron chi connectivity index (χ3n) is 4.37. The number of amides is 2. The normalized spacial score (nSPS) is 10.7. The summed E-state index contributed by atoms with van der Waals surface area (Å²) >= 11 is 5.86. The molecule has 160 valence electrons. The molecule has 2 rings (SSSR count). The number of methoxy groups -OCH3 is 1. The van der Waals surface area contributed by atoms with E-state index in [4.69, 9.17) is 21.1 Å². The second-order valence-corrected chi connectivity index (χ2v) is 6.95. The maximum Gasteiger partial charge on any atom is 0.260 e. The number of nitrogens with one attached hydrogen (secondary N) is 1. The van der Waals surface area contributed by atoms with Crippen LogP contribution in [0.15, 0.2) is 48.5 Å². The highest BCUT2D eigenvalue weighted by atomic mass is 35.5. The van der Waals surface area contributed by atoms with Crippen LogP contribution in [0.1, 0.15) is 25.0 Å². The Balaban J connectivity index is 1.88. The van der Waals surface area contributed by atoms with Gasteiger partial charge in [0.25, 0.3) is 5.91 Å². The second kappa shape index (κ2) is 11.9. The molecule has 0 fully saturated rings. The van der Waals surface area contributed by atoms with Gasteiger partial charge in [-0.05, 0) is 49.2 Å². The van der Waals surface area contributed by atoms with Crippen LogP contribution in [0.25, 0.3) is 6.08 Å². The summed E-state index contributed by atoms with van der Waals surface area (Å²) in [5.41, 5.74) is 1.90.